The van der Waals surface area contributed by atoms with Gasteiger partial charge in [-0.05, 0) is 77.1 Å². The SMILES string of the molecule is C.C.C.C.C.C.C=C(C)C(=O)OCCC[Si](C)(C)O[Si](C)(CCCCCO)O[Si](C)(C)CCCOCCOC.C=O. The topological polar surface area (TPSA) is 101 Å². The summed E-state index contributed by atoms with van der Waals surface area (Å²) >= 11 is 0. The first kappa shape index (κ1) is 59.7. The Bertz CT molecular complexity index is 578. The van der Waals surface area contributed by atoms with Crippen molar-refractivity contribution >= 4 is 38.0 Å². The molecule has 1 atom stereocenters. The fraction of sp³-hybridized carbons (Fsp3) is 0.867. The van der Waals surface area contributed by atoms with Gasteiger partial charge in [0.2, 0.25) is 0 Å². The van der Waals surface area contributed by atoms with Crippen LogP contribution < -0.4 is 0 Å². The van der Waals surface area contributed by atoms with E-state index in [4.69, 9.17) is 32.3 Å². The number of methoxy groups -OCH3 is 1. The predicted octanol–water partition coefficient (Wildman–Crippen LogP) is 8.86. The van der Waals surface area contributed by atoms with Crippen molar-refractivity contribution in [2.24, 2.45) is 0 Å². The standard InChI is InChI=1S/C23H50O7Si3.CH2O.6CH4/c1-22(2)23(25)28-16-13-20-32(6,7)30-33(8,21-11-9-10-14-24)29-31(4,5)19-12-15-27-18-17-26-3;1-2;;;;;;/h24H,1,9-21H2,2-8H3;1H2;6*1H4. The van der Waals surface area contributed by atoms with Gasteiger partial charge in [-0.1, -0.05) is 64.0 Å². The first-order valence-electron chi connectivity index (χ1n) is 12.6. The Morgan fingerprint density at radius 2 is 1.15 bits per heavy atom. The van der Waals surface area contributed by atoms with Gasteiger partial charge in [0.1, 0.15) is 6.79 Å². The fourth-order valence-electron chi connectivity index (χ4n) is 3.76. The van der Waals surface area contributed by atoms with Gasteiger partial charge in [-0.25, -0.2) is 4.79 Å². The van der Waals surface area contributed by atoms with Crippen LogP contribution in [0.15, 0.2) is 12.2 Å². The zero-order valence-electron chi connectivity index (χ0n) is 23.4. The molecule has 1 N–H and O–H groups in total. The largest absolute Gasteiger partial charge is 0.462 e. The lowest BCUT2D eigenvalue weighted by Crippen LogP contribution is -2.54. The van der Waals surface area contributed by atoms with Crippen molar-refractivity contribution in [2.45, 2.75) is 134 Å². The lowest BCUT2D eigenvalue weighted by Gasteiger charge is -2.41. The number of esters is 1. The number of ether oxygens (including phenoxy) is 3. The second-order valence-electron chi connectivity index (χ2n) is 10.1. The van der Waals surface area contributed by atoms with Gasteiger partial charge in [0, 0.05) is 25.9 Å². The van der Waals surface area contributed by atoms with Crippen LogP contribution in [-0.2, 0) is 32.0 Å². The summed E-state index contributed by atoms with van der Waals surface area (Å²) in [6, 6.07) is 2.88. The smallest absolute Gasteiger partial charge is 0.333 e. The normalized spacial score (nSPS) is 11.5. The number of aliphatic hydroxyl groups excluding tert-OH is 1. The Morgan fingerprint density at radius 1 is 0.683 bits per heavy atom. The van der Waals surface area contributed by atoms with Crippen molar-refractivity contribution < 1.29 is 37.1 Å². The van der Waals surface area contributed by atoms with E-state index in [9.17, 15) is 4.79 Å². The summed E-state index contributed by atoms with van der Waals surface area (Å²) in [7, 11) is -4.64. The van der Waals surface area contributed by atoms with Gasteiger partial charge >= 0.3 is 14.5 Å². The minimum absolute atomic E-state index is 0. The number of carbonyl (C=O) groups excluding carboxylic acids is 2. The van der Waals surface area contributed by atoms with Crippen molar-refractivity contribution in [3.8, 4) is 0 Å². The average Bonchev–Trinajstić information content (AvgIpc) is 2.77. The Balaban J connectivity index is -0.000000221. The number of carbonyl (C=O) groups is 2. The monoisotopic (exact) mass is 648 g/mol. The highest BCUT2D eigenvalue weighted by Gasteiger charge is 2.42. The number of hydrogen-bond acceptors (Lipinski definition) is 8. The quantitative estimate of drug-likeness (QED) is 0.0570. The highest BCUT2D eigenvalue weighted by atomic mass is 28.5. The first-order chi connectivity index (χ1) is 16.4. The number of hydrogen-bond donors (Lipinski definition) is 1. The zero-order chi connectivity index (χ0) is 27.4. The Labute approximate surface area is 261 Å². The van der Waals surface area contributed by atoms with Gasteiger partial charge in [0.15, 0.2) is 16.6 Å². The number of unbranched alkanes of at least 4 members (excludes halogenated alkanes) is 2. The maximum atomic E-state index is 11.6. The summed E-state index contributed by atoms with van der Waals surface area (Å²) in [5.41, 5.74) is 0.426. The molecule has 0 amide bonds. The molecule has 11 heteroatoms. The molecule has 0 aromatic heterocycles. The molecule has 0 heterocycles. The molecule has 1 unspecified atom stereocenters. The molecule has 41 heavy (non-hydrogen) atoms. The Kier molecular flexibility index (Phi) is 49.2. The molecule has 8 nitrogen and oxygen atoms in total. The van der Waals surface area contributed by atoms with Gasteiger partial charge in [-0.2, -0.15) is 0 Å². The molecule has 0 aliphatic rings. The summed E-state index contributed by atoms with van der Waals surface area (Å²) in [5.74, 6) is -0.333. The molecule has 0 radical (unpaired) electrons. The molecular weight excluding hydrogens is 573 g/mol. The minimum atomic E-state index is -2.39. The van der Waals surface area contributed by atoms with Crippen molar-refractivity contribution in [3.05, 3.63) is 12.2 Å². The third-order valence-corrected chi connectivity index (χ3v) is 17.5. The van der Waals surface area contributed by atoms with Crippen molar-refractivity contribution in [2.75, 3.05) is 40.1 Å². The molecule has 0 bridgehead atoms. The van der Waals surface area contributed by atoms with Gasteiger partial charge in [-0.3, -0.25) is 0 Å². The molecule has 0 saturated heterocycles. The minimum Gasteiger partial charge on any atom is -0.462 e. The molecule has 0 spiro atoms. The van der Waals surface area contributed by atoms with Gasteiger partial charge in [0.25, 0.3) is 0 Å². The molecule has 0 aromatic rings. The van der Waals surface area contributed by atoms with Crippen LogP contribution >= 0.6 is 0 Å². The van der Waals surface area contributed by atoms with E-state index in [1.807, 2.05) is 6.79 Å². The van der Waals surface area contributed by atoms with E-state index in [0.717, 1.165) is 56.8 Å². The van der Waals surface area contributed by atoms with Crippen LogP contribution in [0.4, 0.5) is 0 Å². The maximum absolute atomic E-state index is 11.6. The van der Waals surface area contributed by atoms with Crippen LogP contribution in [0, 0.1) is 0 Å². The van der Waals surface area contributed by atoms with Crippen LogP contribution in [0.25, 0.3) is 0 Å². The van der Waals surface area contributed by atoms with Crippen LogP contribution in [0.1, 0.15) is 83.6 Å². The van der Waals surface area contributed by atoms with Crippen LogP contribution in [0.3, 0.4) is 0 Å². The summed E-state index contributed by atoms with van der Waals surface area (Å²) in [6.07, 6.45) is 4.58. The maximum Gasteiger partial charge on any atom is 0.333 e. The van der Waals surface area contributed by atoms with Crippen molar-refractivity contribution in [3.63, 3.8) is 0 Å². The number of aliphatic hydroxyl groups is 1. The van der Waals surface area contributed by atoms with E-state index in [-0.39, 0.29) is 57.1 Å². The molecule has 0 fully saturated rings. The lowest BCUT2D eigenvalue weighted by atomic mass is 10.3. The third kappa shape index (κ3) is 35.4. The predicted molar refractivity (Wildman–Crippen MR) is 189 cm³/mol. The molecular formula is C30H76O8Si3. The fourth-order valence-corrected chi connectivity index (χ4v) is 18.2. The Morgan fingerprint density at radius 3 is 1.56 bits per heavy atom. The second kappa shape index (κ2) is 33.8. The van der Waals surface area contributed by atoms with Gasteiger partial charge in [-0.15, -0.1) is 0 Å². The highest BCUT2D eigenvalue weighted by molar-refractivity contribution is 6.88. The van der Waals surface area contributed by atoms with Crippen molar-refractivity contribution in [1.29, 1.82) is 0 Å². The van der Waals surface area contributed by atoms with Crippen LogP contribution in [-0.4, -0.2) is 83.2 Å². The van der Waals surface area contributed by atoms with E-state index in [0.29, 0.717) is 25.4 Å². The second-order valence-corrected chi connectivity index (χ2v) is 22.6. The van der Waals surface area contributed by atoms with E-state index in [2.05, 4.69) is 39.3 Å². The highest BCUT2D eigenvalue weighted by Crippen LogP contribution is 2.30. The molecule has 0 aliphatic heterocycles. The molecule has 0 aromatic carbocycles. The van der Waals surface area contributed by atoms with Crippen LogP contribution in [0.2, 0.25) is 50.9 Å². The Hall–Kier alpha value is -0.669. The molecule has 0 rings (SSSR count). The van der Waals surface area contributed by atoms with Crippen molar-refractivity contribution in [1.82, 2.24) is 0 Å². The van der Waals surface area contributed by atoms with Gasteiger partial charge in [0.05, 0.1) is 19.8 Å². The molecule has 256 valence electrons. The van der Waals surface area contributed by atoms with E-state index < -0.39 is 25.2 Å². The molecule has 0 saturated carbocycles. The average molecular weight is 649 g/mol. The van der Waals surface area contributed by atoms with Gasteiger partial charge < -0.3 is 32.3 Å². The zero-order valence-corrected chi connectivity index (χ0v) is 26.4. The third-order valence-electron chi connectivity index (χ3n) is 5.28. The van der Waals surface area contributed by atoms with E-state index in [1.54, 1.807) is 14.0 Å². The van der Waals surface area contributed by atoms with E-state index >= 15 is 0 Å². The number of rotatable bonds is 21. The first-order valence-corrected chi connectivity index (χ1v) is 21.3. The lowest BCUT2D eigenvalue weighted by molar-refractivity contribution is -0.138. The van der Waals surface area contributed by atoms with Crippen LogP contribution in [0.5, 0.6) is 0 Å². The summed E-state index contributed by atoms with van der Waals surface area (Å²) in [4.78, 5) is 19.6. The summed E-state index contributed by atoms with van der Waals surface area (Å²) in [5, 5.41) is 9.14. The van der Waals surface area contributed by atoms with E-state index in [1.165, 1.54) is 0 Å². The summed E-state index contributed by atoms with van der Waals surface area (Å²) in [6.45, 7) is 21.1. The summed E-state index contributed by atoms with van der Waals surface area (Å²) < 4.78 is 29.7. The molecule has 0 aliphatic carbocycles.